The van der Waals surface area contributed by atoms with Gasteiger partial charge < -0.3 is 0 Å². The molecule has 0 aromatic rings. The van der Waals surface area contributed by atoms with Gasteiger partial charge in [-0.05, 0) is 6.92 Å². The molecule has 0 heteroatoms. The van der Waals surface area contributed by atoms with E-state index in [2.05, 4.69) is 26.2 Å². The lowest BCUT2D eigenvalue weighted by Crippen LogP contribution is -1.27. The minimum Gasteiger partial charge on any atom is -0.120 e. The second-order valence-corrected chi connectivity index (χ2v) is 0.996. The molecule has 0 bridgehead atoms. The van der Waals surface area contributed by atoms with Crippen molar-refractivity contribution in [3.05, 3.63) is 0 Å². The number of rotatable bonds is 0. The molecule has 0 saturated heterocycles. The van der Waals surface area contributed by atoms with Crippen LogP contribution < -0.4 is 0 Å². The Kier molecular flexibility index (Phi) is 345. The number of hydrogen-bond acceptors (Lipinski definition) is 0. The molecule has 0 heterocycles. The fourth-order valence-electron chi connectivity index (χ4n) is 0. The van der Waals surface area contributed by atoms with E-state index in [4.69, 9.17) is 8.45 Å². The van der Waals surface area contributed by atoms with Crippen molar-refractivity contribution in [1.29, 1.82) is 0 Å². The van der Waals surface area contributed by atoms with Gasteiger partial charge in [0.2, 0.25) is 0 Å². The Balaban J connectivity index is -0.00000000766. The first kappa shape index (κ1) is 13.2. The topological polar surface area (TPSA) is 0 Å². The maximum absolute atomic E-state index is 5.88. The summed E-state index contributed by atoms with van der Waals surface area (Å²) >= 11 is 0. The highest BCUT2D eigenvalue weighted by atomic mass is 13.4. The average molecular weight is 182 g/mol. The molecule has 11 heavy (non-hydrogen) atoms. The van der Waals surface area contributed by atoms with Gasteiger partial charge in [0, 0.05) is 9.88 Å². The second kappa shape index (κ2) is 288. The fourth-order valence-corrected chi connectivity index (χ4v) is 0. The monoisotopic (exact) mass is 182 g/mol. The van der Waals surface area contributed by atoms with Crippen LogP contribution in [-0.2, 0) is 0 Å². The SMILES string of the molecule is C.C.C.C#CC.CCC.[3HH].[3H]C[3H].[3H]C[3H].[3H][3H]. The normalized spacial score (nSPS) is 6.73. The molecule has 0 fully saturated rings. The van der Waals surface area contributed by atoms with E-state index in [9.17, 15) is 0 Å². The van der Waals surface area contributed by atoms with Crippen LogP contribution in [0.4, 0.5) is 0 Å². The van der Waals surface area contributed by atoms with Crippen molar-refractivity contribution < 1.29 is 9.88 Å². The molecule has 0 atom stereocenters. The predicted molar refractivity (Wildman–Crippen MR) is 68.4 cm³/mol. The molecule has 0 aliphatic carbocycles. The van der Waals surface area contributed by atoms with Gasteiger partial charge in [-0.25, -0.2) is 0 Å². The van der Waals surface area contributed by atoms with Crippen molar-refractivity contribution in [1.82, 2.24) is 0 Å². The van der Waals surface area contributed by atoms with Gasteiger partial charge in [0.25, 0.3) is 0 Å². The van der Waals surface area contributed by atoms with Gasteiger partial charge in [0.15, 0.2) is 0 Å². The van der Waals surface area contributed by atoms with E-state index in [1.54, 1.807) is 6.92 Å². The third-order valence-electron chi connectivity index (χ3n) is 0. The Morgan fingerprint density at radius 3 is 1.36 bits per heavy atom. The number of hydrogen-bond donors (Lipinski definition) is 0. The molecule has 0 rings (SSSR count). The summed E-state index contributed by atoms with van der Waals surface area (Å²) in [6.07, 6.45) is 5.85. The third-order valence-corrected chi connectivity index (χ3v) is 0. The van der Waals surface area contributed by atoms with E-state index in [1.807, 2.05) is 0 Å². The smallest absolute Gasteiger partial charge is 0.0194 e. The molecule has 0 aromatic heterocycles. The summed E-state index contributed by atoms with van der Waals surface area (Å²) in [6, 6.07) is 0. The third kappa shape index (κ3) is 2820. The molecule has 0 spiro atoms. The van der Waals surface area contributed by atoms with Gasteiger partial charge >= 0.3 is 0 Å². The minimum atomic E-state index is -0.250. The molecular formula is C11H36. The van der Waals surface area contributed by atoms with Gasteiger partial charge in [0.1, 0.15) is 0 Å². The van der Waals surface area contributed by atoms with E-state index in [-0.39, 0.29) is 38.5 Å². The lowest BCUT2D eigenvalue weighted by atomic mass is 10.6. The average Bonchev–Trinajstić information content (AvgIpc) is 2.12. The fraction of sp³-hybridized carbons (Fsp3) is 0.818. The van der Waals surface area contributed by atoms with E-state index in [1.165, 1.54) is 6.42 Å². The van der Waals surface area contributed by atoms with Crippen molar-refractivity contribution in [2.45, 2.75) is 64.2 Å². The lowest BCUT2D eigenvalue weighted by Gasteiger charge is -1.48. The summed E-state index contributed by atoms with van der Waals surface area (Å²) in [7, 11) is -0.500. The predicted octanol–water partition coefficient (Wildman–Crippen LogP) is 5.73. The van der Waals surface area contributed by atoms with Crippen LogP contribution in [0.25, 0.3) is 0 Å². The van der Waals surface area contributed by atoms with E-state index >= 15 is 0 Å². The van der Waals surface area contributed by atoms with E-state index < -0.39 is 0 Å². The van der Waals surface area contributed by atoms with Crippen LogP contribution in [0.15, 0.2) is 0 Å². The largest absolute Gasteiger partial charge is 0.120 e. The van der Waals surface area contributed by atoms with Crippen molar-refractivity contribution in [3.8, 4) is 12.3 Å². The van der Waals surface area contributed by atoms with E-state index in [0.29, 0.717) is 0 Å². The molecule has 80 valence electrons. The highest BCUT2D eigenvalue weighted by molar-refractivity contribution is 4.73. The van der Waals surface area contributed by atoms with Crippen molar-refractivity contribution in [2.24, 2.45) is 0 Å². The Bertz CT molecular complexity index is 60.1. The molecule has 0 aromatic carbocycles. The first-order valence-electron chi connectivity index (χ1n) is 6.03. The molecule has 0 unspecified atom stereocenters. The van der Waals surface area contributed by atoms with Crippen LogP contribution >= 0.6 is 0 Å². The van der Waals surface area contributed by atoms with Crippen molar-refractivity contribution >= 4 is 0 Å². The molecule has 0 aliphatic heterocycles. The second-order valence-electron chi connectivity index (χ2n) is 0.996. The van der Waals surface area contributed by atoms with Gasteiger partial charge in [-0.3, -0.25) is 0 Å². The minimum absolute atomic E-state index is 0. The molecule has 0 radical (unpaired) electrons. The van der Waals surface area contributed by atoms with Crippen LogP contribution in [0.5, 0.6) is 0 Å². The van der Waals surface area contributed by atoms with Gasteiger partial charge in [0.05, 0.1) is 0 Å². The Hall–Kier alpha value is -0.440. The summed E-state index contributed by atoms with van der Waals surface area (Å²) in [5.74, 6) is 2.25. The number of terminal acetylenes is 1. The quantitative estimate of drug-likeness (QED) is 0.420. The van der Waals surface area contributed by atoms with Crippen LogP contribution in [0, 0.1) is 12.3 Å². The highest BCUT2D eigenvalue weighted by Gasteiger charge is 1.35. The highest BCUT2D eigenvalue weighted by Crippen LogP contribution is 1.56. The van der Waals surface area contributed by atoms with Crippen LogP contribution in [0.2, 0.25) is 0 Å². The maximum atomic E-state index is 5.88. The van der Waals surface area contributed by atoms with Crippen molar-refractivity contribution in [2.75, 3.05) is 0 Å². The standard InChI is InChI=1S/C3H8.C3H4.5CH4.2H2/c2*1-3-2;;;;;;;/h3H2,1-2H3;1H,2H3;5*1H4;2*1H/i;;2*1T2;;;;1+2T;1+2. The Morgan fingerprint density at radius 1 is 1.36 bits per heavy atom. The van der Waals surface area contributed by atoms with Gasteiger partial charge in [-0.1, -0.05) is 57.3 Å². The van der Waals surface area contributed by atoms with Crippen molar-refractivity contribution in [3.63, 3.8) is 0 Å². The zero-order chi connectivity index (χ0) is 12.8. The first-order chi connectivity index (χ1) is 6.66. The molecule has 0 amide bonds. The summed E-state index contributed by atoms with van der Waals surface area (Å²) < 4.78 is 33.5. The summed E-state index contributed by atoms with van der Waals surface area (Å²) in [5, 5.41) is 0. The van der Waals surface area contributed by atoms with Gasteiger partial charge in [-0.15, -0.1) is 12.3 Å². The van der Waals surface area contributed by atoms with Gasteiger partial charge in [-0.2, -0.15) is 0 Å². The zero-order valence-electron chi connectivity index (χ0n) is 12.2. The first-order valence-corrected chi connectivity index (χ1v) is 2.20. The summed E-state index contributed by atoms with van der Waals surface area (Å²) in [4.78, 5) is 0. The van der Waals surface area contributed by atoms with Crippen LogP contribution in [0.3, 0.4) is 0 Å². The maximum Gasteiger partial charge on any atom is 0.0194 e. The zero-order valence-corrected chi connectivity index (χ0v) is 6.20. The van der Waals surface area contributed by atoms with Crippen LogP contribution in [0.1, 0.15) is 74.1 Å². The summed E-state index contributed by atoms with van der Waals surface area (Å²) in [6.45, 7) is 5.90. The Morgan fingerprint density at radius 2 is 1.36 bits per heavy atom. The van der Waals surface area contributed by atoms with Crippen LogP contribution in [-0.4, -0.2) is 0 Å². The van der Waals surface area contributed by atoms with E-state index in [0.717, 1.165) is 0 Å². The molecule has 0 nitrogen and oxygen atoms in total. The molecule has 0 aliphatic rings. The molecular weight excluding hydrogens is 132 g/mol. The molecule has 0 N–H and O–H groups in total. The lowest BCUT2D eigenvalue weighted by molar-refractivity contribution is 1.09. The Labute approximate surface area is 87.6 Å². The summed E-state index contributed by atoms with van der Waals surface area (Å²) in [5.41, 5.74) is 0. The molecule has 0 saturated carbocycles.